The van der Waals surface area contributed by atoms with E-state index in [0.717, 1.165) is 16.7 Å². The molecule has 2 rings (SSSR count). The summed E-state index contributed by atoms with van der Waals surface area (Å²) in [5.74, 6) is 0.0444. The molecule has 0 radical (unpaired) electrons. The summed E-state index contributed by atoms with van der Waals surface area (Å²) >= 11 is 0. The van der Waals surface area contributed by atoms with Gasteiger partial charge in [-0.05, 0) is 44.4 Å². The highest BCUT2D eigenvalue weighted by Gasteiger charge is 2.16. The molecular formula is C20H25NO2. The van der Waals surface area contributed by atoms with E-state index >= 15 is 0 Å². The Bertz CT molecular complexity index is 650. The van der Waals surface area contributed by atoms with Crippen LogP contribution >= 0.6 is 0 Å². The van der Waals surface area contributed by atoms with Crippen molar-refractivity contribution in [3.63, 3.8) is 0 Å². The average molecular weight is 311 g/mol. The third kappa shape index (κ3) is 4.93. The number of rotatable bonds is 6. The molecule has 0 saturated heterocycles. The van der Waals surface area contributed by atoms with Crippen LogP contribution in [0.1, 0.15) is 46.3 Å². The SMILES string of the molecule is Cc1ccc(C)c(C(=O)NCC(CC(C)O)c2ccccc2)c1. The molecule has 0 bridgehead atoms. The summed E-state index contributed by atoms with van der Waals surface area (Å²) in [6, 6.07) is 15.9. The first-order valence-electron chi connectivity index (χ1n) is 8.06. The van der Waals surface area contributed by atoms with E-state index in [-0.39, 0.29) is 11.8 Å². The lowest BCUT2D eigenvalue weighted by Gasteiger charge is -2.20. The predicted octanol–water partition coefficient (Wildman–Crippen LogP) is 3.59. The summed E-state index contributed by atoms with van der Waals surface area (Å²) in [7, 11) is 0. The van der Waals surface area contributed by atoms with Gasteiger partial charge >= 0.3 is 0 Å². The largest absolute Gasteiger partial charge is 0.393 e. The number of nitrogens with one attached hydrogen (secondary N) is 1. The summed E-state index contributed by atoms with van der Waals surface area (Å²) in [6.07, 6.45) is 0.217. The molecule has 0 fully saturated rings. The first-order chi connectivity index (χ1) is 11.0. The summed E-state index contributed by atoms with van der Waals surface area (Å²) in [4.78, 5) is 12.5. The van der Waals surface area contributed by atoms with Crippen molar-refractivity contribution < 1.29 is 9.90 Å². The second kappa shape index (κ2) is 7.93. The number of carbonyl (C=O) groups is 1. The van der Waals surface area contributed by atoms with Crippen molar-refractivity contribution >= 4 is 5.91 Å². The number of aryl methyl sites for hydroxylation is 2. The fourth-order valence-corrected chi connectivity index (χ4v) is 2.77. The molecule has 0 heterocycles. The molecule has 0 aliphatic rings. The van der Waals surface area contributed by atoms with Crippen molar-refractivity contribution in [1.29, 1.82) is 0 Å². The third-order valence-corrected chi connectivity index (χ3v) is 4.04. The second-order valence-corrected chi connectivity index (χ2v) is 6.22. The van der Waals surface area contributed by atoms with Crippen LogP contribution in [-0.2, 0) is 0 Å². The van der Waals surface area contributed by atoms with Crippen LogP contribution in [0.5, 0.6) is 0 Å². The minimum atomic E-state index is -0.405. The van der Waals surface area contributed by atoms with Crippen LogP contribution in [0.25, 0.3) is 0 Å². The molecule has 2 aromatic rings. The average Bonchev–Trinajstić information content (AvgIpc) is 2.54. The molecule has 122 valence electrons. The van der Waals surface area contributed by atoms with E-state index in [4.69, 9.17) is 0 Å². The van der Waals surface area contributed by atoms with E-state index in [1.807, 2.05) is 62.4 Å². The Morgan fingerprint density at radius 1 is 1.13 bits per heavy atom. The van der Waals surface area contributed by atoms with Gasteiger partial charge in [0, 0.05) is 18.0 Å². The monoisotopic (exact) mass is 311 g/mol. The zero-order valence-electron chi connectivity index (χ0n) is 14.0. The molecule has 2 N–H and O–H groups in total. The Kier molecular flexibility index (Phi) is 5.94. The predicted molar refractivity (Wildman–Crippen MR) is 93.7 cm³/mol. The van der Waals surface area contributed by atoms with Crippen molar-refractivity contribution in [1.82, 2.24) is 5.32 Å². The van der Waals surface area contributed by atoms with Crippen molar-refractivity contribution in [2.75, 3.05) is 6.54 Å². The molecule has 0 aliphatic heterocycles. The molecule has 1 amide bonds. The van der Waals surface area contributed by atoms with Crippen molar-refractivity contribution in [3.05, 3.63) is 70.8 Å². The van der Waals surface area contributed by atoms with E-state index in [2.05, 4.69) is 5.32 Å². The van der Waals surface area contributed by atoms with E-state index in [1.165, 1.54) is 0 Å². The Labute approximate surface area is 138 Å². The smallest absolute Gasteiger partial charge is 0.251 e. The van der Waals surface area contributed by atoms with Crippen LogP contribution < -0.4 is 5.32 Å². The van der Waals surface area contributed by atoms with Gasteiger partial charge in [-0.1, -0.05) is 48.0 Å². The maximum absolute atomic E-state index is 12.5. The van der Waals surface area contributed by atoms with Crippen LogP contribution in [0.3, 0.4) is 0 Å². The number of amides is 1. The van der Waals surface area contributed by atoms with Crippen LogP contribution in [0.15, 0.2) is 48.5 Å². The highest BCUT2D eigenvalue weighted by molar-refractivity contribution is 5.95. The maximum atomic E-state index is 12.5. The molecule has 23 heavy (non-hydrogen) atoms. The molecule has 2 atom stereocenters. The molecule has 3 nitrogen and oxygen atoms in total. The fourth-order valence-electron chi connectivity index (χ4n) is 2.77. The number of benzene rings is 2. The van der Waals surface area contributed by atoms with E-state index in [0.29, 0.717) is 18.5 Å². The van der Waals surface area contributed by atoms with Crippen LogP contribution in [0.2, 0.25) is 0 Å². The Balaban J connectivity index is 2.09. The van der Waals surface area contributed by atoms with E-state index in [1.54, 1.807) is 6.92 Å². The summed E-state index contributed by atoms with van der Waals surface area (Å²) in [5.41, 5.74) is 3.90. The van der Waals surface area contributed by atoms with Gasteiger partial charge in [-0.3, -0.25) is 4.79 Å². The molecule has 0 saturated carbocycles. The van der Waals surface area contributed by atoms with Gasteiger partial charge in [0.15, 0.2) is 0 Å². The normalized spacial score (nSPS) is 13.4. The lowest BCUT2D eigenvalue weighted by Crippen LogP contribution is -2.30. The van der Waals surface area contributed by atoms with Gasteiger partial charge in [-0.15, -0.1) is 0 Å². The van der Waals surface area contributed by atoms with Crippen molar-refractivity contribution in [3.8, 4) is 0 Å². The van der Waals surface area contributed by atoms with E-state index < -0.39 is 6.10 Å². The molecule has 2 unspecified atom stereocenters. The van der Waals surface area contributed by atoms with Gasteiger partial charge in [0.25, 0.3) is 5.91 Å². The molecular weight excluding hydrogens is 286 g/mol. The highest BCUT2D eigenvalue weighted by Crippen LogP contribution is 2.21. The number of hydrogen-bond donors (Lipinski definition) is 2. The van der Waals surface area contributed by atoms with Crippen LogP contribution in [0, 0.1) is 13.8 Å². The van der Waals surface area contributed by atoms with E-state index in [9.17, 15) is 9.90 Å². The first kappa shape index (κ1) is 17.2. The van der Waals surface area contributed by atoms with Gasteiger partial charge in [-0.2, -0.15) is 0 Å². The van der Waals surface area contributed by atoms with Gasteiger partial charge in [-0.25, -0.2) is 0 Å². The summed E-state index contributed by atoms with van der Waals surface area (Å²) in [6.45, 7) is 6.22. The molecule has 3 heteroatoms. The Morgan fingerprint density at radius 2 is 1.83 bits per heavy atom. The third-order valence-electron chi connectivity index (χ3n) is 4.04. The van der Waals surface area contributed by atoms with Crippen LogP contribution in [0.4, 0.5) is 0 Å². The first-order valence-corrected chi connectivity index (χ1v) is 8.06. The van der Waals surface area contributed by atoms with Crippen molar-refractivity contribution in [2.24, 2.45) is 0 Å². The summed E-state index contributed by atoms with van der Waals surface area (Å²) in [5, 5.41) is 12.8. The maximum Gasteiger partial charge on any atom is 0.251 e. The fraction of sp³-hybridized carbons (Fsp3) is 0.350. The lowest BCUT2D eigenvalue weighted by molar-refractivity contribution is 0.0945. The highest BCUT2D eigenvalue weighted by atomic mass is 16.3. The van der Waals surface area contributed by atoms with Gasteiger partial charge in [0.1, 0.15) is 0 Å². The molecule has 0 aromatic heterocycles. The van der Waals surface area contributed by atoms with Crippen LogP contribution in [-0.4, -0.2) is 23.7 Å². The Morgan fingerprint density at radius 3 is 2.48 bits per heavy atom. The molecule has 0 aliphatic carbocycles. The zero-order valence-corrected chi connectivity index (χ0v) is 14.0. The zero-order chi connectivity index (χ0) is 16.8. The Hall–Kier alpha value is -2.13. The number of aliphatic hydroxyl groups excluding tert-OH is 1. The van der Waals surface area contributed by atoms with Gasteiger partial charge < -0.3 is 10.4 Å². The van der Waals surface area contributed by atoms with Gasteiger partial charge in [0.05, 0.1) is 6.10 Å². The minimum Gasteiger partial charge on any atom is -0.393 e. The number of hydrogen-bond acceptors (Lipinski definition) is 2. The lowest BCUT2D eigenvalue weighted by atomic mass is 9.93. The topological polar surface area (TPSA) is 49.3 Å². The molecule has 2 aromatic carbocycles. The minimum absolute atomic E-state index is 0.0577. The number of carbonyl (C=O) groups excluding carboxylic acids is 1. The quantitative estimate of drug-likeness (QED) is 0.856. The summed E-state index contributed by atoms with van der Waals surface area (Å²) < 4.78 is 0. The van der Waals surface area contributed by atoms with Gasteiger partial charge in [0.2, 0.25) is 0 Å². The second-order valence-electron chi connectivity index (χ2n) is 6.22. The number of aliphatic hydroxyl groups is 1. The van der Waals surface area contributed by atoms with Crippen molar-refractivity contribution in [2.45, 2.75) is 39.2 Å². The molecule has 0 spiro atoms. The standard InChI is InChI=1S/C20H25NO2/c1-14-9-10-15(2)19(11-14)20(23)21-13-18(12-16(3)22)17-7-5-4-6-8-17/h4-11,16,18,22H,12-13H2,1-3H3,(H,21,23).